The fraction of sp³-hybridized carbons (Fsp3) is 0.556. The Balaban J connectivity index is 1.80. The van der Waals surface area contributed by atoms with Gasteiger partial charge in [0, 0.05) is 24.0 Å². The second-order valence-electron chi connectivity index (χ2n) is 6.45. The lowest BCUT2D eigenvalue weighted by Crippen LogP contribution is -2.22. The minimum Gasteiger partial charge on any atom is -0.459 e. The molecule has 2 aromatic rings. The fourth-order valence-corrected chi connectivity index (χ4v) is 3.09. The molecule has 0 saturated heterocycles. The first kappa shape index (κ1) is 14.6. The van der Waals surface area contributed by atoms with Crippen LogP contribution in [0.3, 0.4) is 0 Å². The van der Waals surface area contributed by atoms with Gasteiger partial charge >= 0.3 is 0 Å². The van der Waals surface area contributed by atoms with Gasteiger partial charge in [-0.05, 0) is 37.9 Å². The second-order valence-corrected chi connectivity index (χ2v) is 6.45. The summed E-state index contributed by atoms with van der Waals surface area (Å²) in [6, 6.07) is 8.39. The molecule has 1 aromatic carbocycles. The number of hydrogen-bond donors (Lipinski definition) is 1. The normalized spacial score (nSPS) is 21.3. The van der Waals surface area contributed by atoms with Crippen LogP contribution in [0.2, 0.25) is 0 Å². The van der Waals surface area contributed by atoms with Gasteiger partial charge < -0.3 is 14.6 Å². The predicted octanol–water partition coefficient (Wildman–Crippen LogP) is 3.63. The van der Waals surface area contributed by atoms with Crippen LogP contribution in [-0.4, -0.2) is 25.0 Å². The number of para-hydroxylation sites is 1. The van der Waals surface area contributed by atoms with Crippen molar-refractivity contribution in [3.05, 3.63) is 35.6 Å². The summed E-state index contributed by atoms with van der Waals surface area (Å²) < 4.78 is 6.05. The van der Waals surface area contributed by atoms with Crippen LogP contribution < -0.4 is 5.32 Å². The molecule has 1 fully saturated rings. The topological polar surface area (TPSA) is 28.4 Å². The summed E-state index contributed by atoms with van der Waals surface area (Å²) >= 11 is 0. The van der Waals surface area contributed by atoms with Gasteiger partial charge in [-0.1, -0.05) is 32.0 Å². The Hall–Kier alpha value is -1.32. The van der Waals surface area contributed by atoms with E-state index in [1.54, 1.807) is 0 Å². The van der Waals surface area contributed by atoms with E-state index in [4.69, 9.17) is 4.42 Å². The van der Waals surface area contributed by atoms with E-state index >= 15 is 0 Å². The van der Waals surface area contributed by atoms with E-state index in [9.17, 15) is 0 Å². The molecule has 1 aromatic heterocycles. The van der Waals surface area contributed by atoms with Crippen molar-refractivity contribution in [2.75, 3.05) is 20.1 Å². The van der Waals surface area contributed by atoms with Crippen LogP contribution in [0.25, 0.3) is 11.0 Å². The predicted molar refractivity (Wildman–Crippen MR) is 87.2 cm³/mol. The first-order chi connectivity index (χ1) is 10.2. The molecule has 1 saturated carbocycles. The third kappa shape index (κ3) is 3.30. The van der Waals surface area contributed by atoms with E-state index < -0.39 is 0 Å². The smallest absolute Gasteiger partial charge is 0.134 e. The SMILES string of the molecule is CCNCc1oc2ccccc2c1CN(C)CC1CC1C. The zero-order valence-corrected chi connectivity index (χ0v) is 13.4. The fourth-order valence-electron chi connectivity index (χ4n) is 3.09. The van der Waals surface area contributed by atoms with Crippen LogP contribution in [0.1, 0.15) is 31.6 Å². The van der Waals surface area contributed by atoms with Crippen molar-refractivity contribution < 1.29 is 4.42 Å². The number of benzene rings is 1. The van der Waals surface area contributed by atoms with Gasteiger partial charge in [-0.25, -0.2) is 0 Å². The Bertz CT molecular complexity index is 604. The number of hydrogen-bond acceptors (Lipinski definition) is 3. The average Bonchev–Trinajstić information content (AvgIpc) is 3.05. The summed E-state index contributed by atoms with van der Waals surface area (Å²) in [4.78, 5) is 2.45. The second kappa shape index (κ2) is 6.20. The van der Waals surface area contributed by atoms with Crippen LogP contribution in [-0.2, 0) is 13.1 Å². The summed E-state index contributed by atoms with van der Waals surface area (Å²) in [7, 11) is 2.23. The molecule has 0 spiro atoms. The number of nitrogens with one attached hydrogen (secondary N) is 1. The summed E-state index contributed by atoms with van der Waals surface area (Å²) in [5.74, 6) is 2.90. The zero-order valence-electron chi connectivity index (χ0n) is 13.4. The van der Waals surface area contributed by atoms with Crippen molar-refractivity contribution in [2.45, 2.75) is 33.4 Å². The summed E-state index contributed by atoms with van der Waals surface area (Å²) in [6.07, 6.45) is 1.39. The molecule has 0 aliphatic heterocycles. The number of nitrogens with zero attached hydrogens (tertiary/aromatic N) is 1. The van der Waals surface area contributed by atoms with Crippen molar-refractivity contribution in [3.63, 3.8) is 0 Å². The monoisotopic (exact) mass is 286 g/mol. The minimum absolute atomic E-state index is 0.814. The molecule has 2 unspecified atom stereocenters. The quantitative estimate of drug-likeness (QED) is 0.842. The highest BCUT2D eigenvalue weighted by atomic mass is 16.3. The van der Waals surface area contributed by atoms with Gasteiger partial charge in [0.1, 0.15) is 11.3 Å². The van der Waals surface area contributed by atoms with Gasteiger partial charge in [-0.2, -0.15) is 0 Å². The highest BCUT2D eigenvalue weighted by molar-refractivity contribution is 5.82. The van der Waals surface area contributed by atoms with E-state index in [0.29, 0.717) is 0 Å². The van der Waals surface area contributed by atoms with Gasteiger partial charge in [-0.15, -0.1) is 0 Å². The largest absolute Gasteiger partial charge is 0.459 e. The van der Waals surface area contributed by atoms with Gasteiger partial charge in [0.2, 0.25) is 0 Å². The molecule has 3 nitrogen and oxygen atoms in total. The average molecular weight is 286 g/mol. The third-order valence-electron chi connectivity index (χ3n) is 4.57. The summed E-state index contributed by atoms with van der Waals surface area (Å²) in [5, 5.41) is 4.65. The molecule has 3 heteroatoms. The summed E-state index contributed by atoms with van der Waals surface area (Å²) in [6.45, 7) is 8.42. The Labute approximate surface area is 127 Å². The molecule has 114 valence electrons. The Kier molecular flexibility index (Phi) is 4.32. The maximum absolute atomic E-state index is 6.05. The standard InChI is InChI=1S/C18H26N2O/c1-4-19-10-18-16(12-20(3)11-14-9-13(14)2)15-7-5-6-8-17(15)21-18/h5-8,13-14,19H,4,9-12H2,1-3H3. The molecular weight excluding hydrogens is 260 g/mol. The molecule has 2 atom stereocenters. The molecule has 3 rings (SSSR count). The molecule has 0 amide bonds. The van der Waals surface area contributed by atoms with Crippen molar-refractivity contribution in [1.29, 1.82) is 0 Å². The van der Waals surface area contributed by atoms with Crippen LogP contribution in [0.5, 0.6) is 0 Å². The number of fused-ring (bicyclic) bond motifs is 1. The minimum atomic E-state index is 0.814. The van der Waals surface area contributed by atoms with Gasteiger partial charge in [0.15, 0.2) is 0 Å². The molecule has 1 heterocycles. The van der Waals surface area contributed by atoms with Crippen LogP contribution in [0.4, 0.5) is 0 Å². The van der Waals surface area contributed by atoms with Gasteiger partial charge in [0.25, 0.3) is 0 Å². The lowest BCUT2D eigenvalue weighted by Gasteiger charge is -2.17. The Morgan fingerprint density at radius 2 is 2.10 bits per heavy atom. The van der Waals surface area contributed by atoms with Crippen molar-refractivity contribution in [3.8, 4) is 0 Å². The molecule has 0 radical (unpaired) electrons. The highest BCUT2D eigenvalue weighted by Gasteiger charge is 2.33. The van der Waals surface area contributed by atoms with E-state index in [1.807, 2.05) is 6.07 Å². The number of furan rings is 1. The van der Waals surface area contributed by atoms with E-state index in [2.05, 4.69) is 49.3 Å². The Morgan fingerprint density at radius 1 is 1.33 bits per heavy atom. The van der Waals surface area contributed by atoms with E-state index in [0.717, 1.165) is 42.8 Å². The Morgan fingerprint density at radius 3 is 2.81 bits per heavy atom. The zero-order chi connectivity index (χ0) is 14.8. The van der Waals surface area contributed by atoms with E-state index in [-0.39, 0.29) is 0 Å². The van der Waals surface area contributed by atoms with Crippen LogP contribution in [0.15, 0.2) is 28.7 Å². The molecule has 0 bridgehead atoms. The molecule has 1 aliphatic carbocycles. The van der Waals surface area contributed by atoms with Gasteiger partial charge in [0.05, 0.1) is 6.54 Å². The molecular formula is C18H26N2O. The van der Waals surface area contributed by atoms with Crippen molar-refractivity contribution in [2.24, 2.45) is 11.8 Å². The maximum atomic E-state index is 6.05. The lowest BCUT2D eigenvalue weighted by atomic mass is 10.1. The lowest BCUT2D eigenvalue weighted by molar-refractivity contribution is 0.305. The summed E-state index contributed by atoms with van der Waals surface area (Å²) in [5.41, 5.74) is 2.36. The first-order valence-electron chi connectivity index (χ1n) is 8.07. The molecule has 1 N–H and O–H groups in total. The van der Waals surface area contributed by atoms with E-state index in [1.165, 1.54) is 23.9 Å². The first-order valence-corrected chi connectivity index (χ1v) is 8.07. The maximum Gasteiger partial charge on any atom is 0.134 e. The molecule has 21 heavy (non-hydrogen) atoms. The highest BCUT2D eigenvalue weighted by Crippen LogP contribution is 2.38. The van der Waals surface area contributed by atoms with Gasteiger partial charge in [-0.3, -0.25) is 0 Å². The third-order valence-corrected chi connectivity index (χ3v) is 4.57. The van der Waals surface area contributed by atoms with Crippen LogP contribution >= 0.6 is 0 Å². The molecule has 1 aliphatic rings. The number of rotatable bonds is 7. The van der Waals surface area contributed by atoms with Crippen molar-refractivity contribution >= 4 is 11.0 Å². The van der Waals surface area contributed by atoms with Crippen LogP contribution in [0, 0.1) is 11.8 Å². The van der Waals surface area contributed by atoms with Crippen molar-refractivity contribution in [1.82, 2.24) is 10.2 Å².